The van der Waals surface area contributed by atoms with E-state index >= 15 is 0 Å². The maximum absolute atomic E-state index is 2.52. The number of benzene rings is 10. The van der Waals surface area contributed by atoms with Crippen LogP contribution in [0.15, 0.2) is 194 Å². The van der Waals surface area contributed by atoms with Crippen molar-refractivity contribution < 1.29 is 0 Å². The van der Waals surface area contributed by atoms with E-state index in [0.29, 0.717) is 23.7 Å². The fourth-order valence-corrected chi connectivity index (χ4v) is 16.2. The maximum Gasteiger partial charge on any atom is 0.0105 e. The van der Waals surface area contributed by atoms with Crippen molar-refractivity contribution >= 4 is 70.2 Å². The van der Waals surface area contributed by atoms with Gasteiger partial charge in [0, 0.05) is 17.8 Å². The van der Waals surface area contributed by atoms with Crippen molar-refractivity contribution in [3.05, 3.63) is 272 Å². The second-order valence-electron chi connectivity index (χ2n) is 27.1. The zero-order valence-corrected chi connectivity index (χ0v) is 55.2. The molecule has 5 atom stereocenters. The molecule has 0 saturated carbocycles. The molecule has 10 aromatic carbocycles. The first kappa shape index (κ1) is 61.5. The Hall–Kier alpha value is -8.32. The molecule has 0 N–H and O–H groups in total. The van der Waals surface area contributed by atoms with E-state index in [2.05, 4.69) is 284 Å². The molecular weight excluding hydrogens is 1090 g/mol. The fourth-order valence-electron chi connectivity index (χ4n) is 16.2. The van der Waals surface area contributed by atoms with Crippen molar-refractivity contribution in [2.24, 2.45) is 17.8 Å². The monoisotopic (exact) mass is 1190 g/mol. The van der Waals surface area contributed by atoms with Gasteiger partial charge in [0.15, 0.2) is 0 Å². The van der Waals surface area contributed by atoms with Gasteiger partial charge in [-0.2, -0.15) is 0 Å². The van der Waals surface area contributed by atoms with Crippen LogP contribution in [0.5, 0.6) is 0 Å². The number of unbranched alkanes of at least 4 members (excludes halogenated alkanes) is 3. The van der Waals surface area contributed by atoms with Gasteiger partial charge in [0.25, 0.3) is 0 Å². The highest BCUT2D eigenvalue weighted by Crippen LogP contribution is 2.52. The lowest BCUT2D eigenvalue weighted by molar-refractivity contribution is 0.404. The van der Waals surface area contributed by atoms with Crippen LogP contribution in [-0.4, -0.2) is 0 Å². The van der Waals surface area contributed by atoms with Crippen molar-refractivity contribution in [2.45, 2.75) is 156 Å². The van der Waals surface area contributed by atoms with Crippen molar-refractivity contribution in [3.8, 4) is 33.4 Å². The lowest BCUT2D eigenvalue weighted by atomic mass is 9.83. The standard InChI is InChI=1S/C91H94/c1-7-13-24-62(10-4)55-85-79-33-18-16-31-77(79)81-51-43-65(58-87(81)85)39-47-69-27-20-37-75-71(29-22-35-73(69)75)49-41-67-45-53-83-84-54-46-68(61-90(84)91(89(83)60-67)57-64(12-6)26-15-9-3)42-50-72-30-23-36-74-70(28-21-38-76(72)74)48-40-66-44-52-82-78-32-17-19-34-80(78)86(88(82)59-66)56-63(11-5)25-14-8-2/h16-23,27-54,58-64,85-86,91H,7-15,24-26,55-57H2,1-6H3/b47-39+,48-40+,49-41+,50-42+. The smallest absolute Gasteiger partial charge is 0.0105 e. The van der Waals surface area contributed by atoms with Crippen LogP contribution >= 0.6 is 0 Å². The second-order valence-corrected chi connectivity index (χ2v) is 27.1. The first-order valence-electron chi connectivity index (χ1n) is 35.3. The van der Waals surface area contributed by atoms with Gasteiger partial charge < -0.3 is 0 Å². The highest BCUT2D eigenvalue weighted by Gasteiger charge is 2.33. The van der Waals surface area contributed by atoms with E-state index in [0.717, 1.165) is 11.8 Å². The van der Waals surface area contributed by atoms with Crippen LogP contribution in [0.25, 0.3) is 104 Å². The molecule has 3 aliphatic rings. The van der Waals surface area contributed by atoms with Crippen molar-refractivity contribution in [3.63, 3.8) is 0 Å². The van der Waals surface area contributed by atoms with E-state index in [1.54, 1.807) is 0 Å². The molecule has 0 amide bonds. The minimum absolute atomic E-state index is 0.351. The molecule has 0 heterocycles. The van der Waals surface area contributed by atoms with Gasteiger partial charge >= 0.3 is 0 Å². The Kier molecular flexibility index (Phi) is 19.2. The van der Waals surface area contributed by atoms with Gasteiger partial charge in [-0.25, -0.2) is 0 Å². The normalized spacial score (nSPS) is 16.5. The third kappa shape index (κ3) is 13.0. The molecule has 5 unspecified atom stereocenters. The fraction of sp³-hybridized carbons (Fsp3) is 0.297. The molecule has 0 bridgehead atoms. The molecule has 91 heavy (non-hydrogen) atoms. The van der Waals surface area contributed by atoms with Crippen LogP contribution in [0.4, 0.5) is 0 Å². The molecule has 0 spiro atoms. The predicted octanol–water partition coefficient (Wildman–Crippen LogP) is 26.8. The molecule has 0 aromatic heterocycles. The minimum Gasteiger partial charge on any atom is -0.0654 e. The Morgan fingerprint density at radius 1 is 0.264 bits per heavy atom. The Bertz CT molecular complexity index is 4070. The predicted molar refractivity (Wildman–Crippen MR) is 399 cm³/mol. The summed E-state index contributed by atoms with van der Waals surface area (Å²) in [5.74, 6) is 3.44. The summed E-state index contributed by atoms with van der Waals surface area (Å²) in [7, 11) is 0. The lowest BCUT2D eigenvalue weighted by Gasteiger charge is -2.21. The van der Waals surface area contributed by atoms with E-state index in [1.807, 2.05) is 0 Å². The van der Waals surface area contributed by atoms with Crippen LogP contribution < -0.4 is 0 Å². The highest BCUT2D eigenvalue weighted by molar-refractivity contribution is 6.01. The second kappa shape index (κ2) is 28.5. The number of rotatable bonds is 26. The summed E-state index contributed by atoms with van der Waals surface area (Å²) in [5.41, 5.74) is 27.5. The van der Waals surface area contributed by atoms with Crippen LogP contribution in [0, 0.1) is 17.8 Å². The highest BCUT2D eigenvalue weighted by atomic mass is 14.4. The summed E-state index contributed by atoms with van der Waals surface area (Å²) in [6.45, 7) is 14.2. The molecule has 10 aromatic rings. The number of hydrogen-bond acceptors (Lipinski definition) is 0. The average molecular weight is 1190 g/mol. The van der Waals surface area contributed by atoms with E-state index in [-0.39, 0.29) is 0 Å². The van der Waals surface area contributed by atoms with Gasteiger partial charge in [-0.15, -0.1) is 0 Å². The minimum atomic E-state index is 0.351. The van der Waals surface area contributed by atoms with Gasteiger partial charge in [0.2, 0.25) is 0 Å². The van der Waals surface area contributed by atoms with Gasteiger partial charge in [-0.3, -0.25) is 0 Å². The van der Waals surface area contributed by atoms with Gasteiger partial charge in [0.1, 0.15) is 0 Å². The summed E-state index contributed by atoms with van der Waals surface area (Å²) in [6, 6.07) is 74.5. The zero-order chi connectivity index (χ0) is 62.2. The Morgan fingerprint density at radius 3 is 0.802 bits per heavy atom. The van der Waals surface area contributed by atoms with E-state index in [4.69, 9.17) is 0 Å². The summed E-state index contributed by atoms with van der Waals surface area (Å²) in [6.07, 6.45) is 37.7. The van der Waals surface area contributed by atoms with E-state index in [1.165, 1.54) is 229 Å². The molecule has 0 nitrogen and oxygen atoms in total. The summed E-state index contributed by atoms with van der Waals surface area (Å²) in [4.78, 5) is 0. The summed E-state index contributed by atoms with van der Waals surface area (Å²) >= 11 is 0. The first-order chi connectivity index (χ1) is 44.8. The number of fused-ring (bicyclic) bond motifs is 11. The average Bonchev–Trinajstić information content (AvgIpc) is 1.67. The zero-order valence-electron chi connectivity index (χ0n) is 55.2. The van der Waals surface area contributed by atoms with Crippen molar-refractivity contribution in [1.29, 1.82) is 0 Å². The Balaban J connectivity index is 0.742. The van der Waals surface area contributed by atoms with Gasteiger partial charge in [-0.05, 0) is 170 Å². The molecule has 0 radical (unpaired) electrons. The molecule has 13 rings (SSSR count). The molecular formula is C91H94. The largest absolute Gasteiger partial charge is 0.0654 e. The molecule has 0 heteroatoms. The van der Waals surface area contributed by atoms with Crippen LogP contribution in [0.1, 0.15) is 233 Å². The third-order valence-corrected chi connectivity index (χ3v) is 21.5. The Morgan fingerprint density at radius 2 is 0.527 bits per heavy atom. The van der Waals surface area contributed by atoms with Crippen LogP contribution in [0.2, 0.25) is 0 Å². The molecule has 0 aliphatic heterocycles. The van der Waals surface area contributed by atoms with Crippen molar-refractivity contribution in [1.82, 2.24) is 0 Å². The molecule has 0 fully saturated rings. The molecule has 3 aliphatic carbocycles. The van der Waals surface area contributed by atoms with Crippen molar-refractivity contribution in [2.75, 3.05) is 0 Å². The maximum atomic E-state index is 2.52. The summed E-state index contributed by atoms with van der Waals surface area (Å²) in [5, 5.41) is 5.12. The van der Waals surface area contributed by atoms with Crippen LogP contribution in [-0.2, 0) is 0 Å². The van der Waals surface area contributed by atoms with E-state index < -0.39 is 0 Å². The van der Waals surface area contributed by atoms with E-state index in [9.17, 15) is 0 Å². The Labute approximate surface area is 545 Å². The number of hydrogen-bond donors (Lipinski definition) is 0. The molecule has 458 valence electrons. The van der Waals surface area contributed by atoms with Gasteiger partial charge in [0.05, 0.1) is 0 Å². The SMILES string of the molecule is CCCCC(CC)CC1c2ccccc2-c2ccc(/C=C/c3cccc4c(/C=C/c5ccc6c(c5)C(CC(CC)CCCC)c5cc(/C=C/c7cccc8c(/C=C/c9ccc%10c(c9)C(CC(CC)CCCC)c9ccccc9-%10)cccc78)ccc5-6)cccc34)cc21. The molecule has 0 saturated heterocycles. The first-order valence-corrected chi connectivity index (χ1v) is 35.3. The van der Waals surface area contributed by atoms with Gasteiger partial charge in [-0.1, -0.05) is 361 Å². The quantitative estimate of drug-likeness (QED) is 0.0474. The topological polar surface area (TPSA) is 0 Å². The lowest BCUT2D eigenvalue weighted by Crippen LogP contribution is -2.07. The third-order valence-electron chi connectivity index (χ3n) is 21.5. The summed E-state index contributed by atoms with van der Waals surface area (Å²) < 4.78 is 0. The van der Waals surface area contributed by atoms with Crippen LogP contribution in [0.3, 0.4) is 0 Å².